The van der Waals surface area contributed by atoms with Gasteiger partial charge in [0.1, 0.15) is 5.82 Å². The number of aryl methyl sites for hydroxylation is 2. The molecule has 5 nitrogen and oxygen atoms in total. The van der Waals surface area contributed by atoms with Gasteiger partial charge in [-0.3, -0.25) is 4.68 Å². The summed E-state index contributed by atoms with van der Waals surface area (Å²) in [4.78, 5) is 4.73. The summed E-state index contributed by atoms with van der Waals surface area (Å²) >= 11 is 0. The van der Waals surface area contributed by atoms with E-state index in [0.717, 1.165) is 63.7 Å². The van der Waals surface area contributed by atoms with E-state index < -0.39 is 0 Å². The van der Waals surface area contributed by atoms with Gasteiger partial charge in [-0.15, -0.1) is 35.7 Å². The third kappa shape index (κ3) is 6.74. The van der Waals surface area contributed by atoms with E-state index in [9.17, 15) is 0 Å². The number of hydrogen-bond donors (Lipinski definition) is 0. The molecule has 7 rings (SSSR count). The monoisotopic (exact) mass is 843 g/mol. The van der Waals surface area contributed by atoms with Gasteiger partial charge in [-0.2, -0.15) is 16.7 Å². The Kier molecular flexibility index (Phi) is 10.6. The Hall–Kier alpha value is -3.95. The second-order valence-corrected chi connectivity index (χ2v) is 14.6. The van der Waals surface area contributed by atoms with E-state index in [1.807, 2.05) is 18.3 Å². The van der Waals surface area contributed by atoms with Crippen molar-refractivity contribution in [1.29, 1.82) is 0 Å². The molecule has 0 radical (unpaired) electrons. The maximum atomic E-state index is 6.61. The number of benzene rings is 3. The Labute approximate surface area is 312 Å². The van der Waals surface area contributed by atoms with E-state index in [4.69, 9.17) is 14.8 Å². The van der Waals surface area contributed by atoms with Gasteiger partial charge >= 0.3 is 21.1 Å². The van der Waals surface area contributed by atoms with Gasteiger partial charge in [0, 0.05) is 40.4 Å². The SMILES string of the molecule is CCCCc1c(C2C(C)=C[C@H](C)C[C@@H]2C)c(C(C)C)nn1-c1[c-]c(Oc2[c-]c3c(cc2)c2ccccc2n3-c2cc(C)ccn2)cc(C)c1.[Pt+2]. The van der Waals surface area contributed by atoms with Crippen molar-refractivity contribution >= 4 is 21.8 Å². The number of aromatic nitrogens is 4. The van der Waals surface area contributed by atoms with E-state index in [-0.39, 0.29) is 21.1 Å². The fourth-order valence-electron chi connectivity index (χ4n) is 8.10. The molecule has 260 valence electrons. The maximum Gasteiger partial charge on any atom is 2.00 e. The van der Waals surface area contributed by atoms with Crippen LogP contribution in [-0.4, -0.2) is 19.3 Å². The zero-order valence-electron chi connectivity index (χ0n) is 30.6. The van der Waals surface area contributed by atoms with Gasteiger partial charge in [-0.05, 0) is 85.7 Å². The van der Waals surface area contributed by atoms with Crippen LogP contribution in [0.25, 0.3) is 33.3 Å². The van der Waals surface area contributed by atoms with Crippen molar-refractivity contribution in [2.24, 2.45) is 11.8 Å². The van der Waals surface area contributed by atoms with Gasteiger partial charge in [0.15, 0.2) is 0 Å². The first-order valence-electron chi connectivity index (χ1n) is 18.0. The summed E-state index contributed by atoms with van der Waals surface area (Å²) in [6.45, 7) is 18.1. The summed E-state index contributed by atoms with van der Waals surface area (Å²) in [6, 6.07) is 28.2. The third-order valence-electron chi connectivity index (χ3n) is 10.1. The molecule has 3 aromatic heterocycles. The molecule has 0 bridgehead atoms. The second-order valence-electron chi connectivity index (χ2n) is 14.6. The van der Waals surface area contributed by atoms with Gasteiger partial charge in [-0.1, -0.05) is 83.3 Å². The van der Waals surface area contributed by atoms with Crippen LogP contribution in [0.15, 0.2) is 78.5 Å². The van der Waals surface area contributed by atoms with Crippen molar-refractivity contribution in [2.45, 2.75) is 92.9 Å². The Balaban J connectivity index is 0.00000432. The molecule has 0 fully saturated rings. The molecule has 0 saturated heterocycles. The molecule has 6 aromatic rings. The Morgan fingerprint density at radius 1 is 0.920 bits per heavy atom. The number of fused-ring (bicyclic) bond motifs is 3. The average molecular weight is 844 g/mol. The summed E-state index contributed by atoms with van der Waals surface area (Å²) in [6.07, 6.45) is 8.78. The van der Waals surface area contributed by atoms with E-state index in [2.05, 4.69) is 131 Å². The molecule has 0 amide bonds. The molecule has 0 N–H and O–H groups in total. The number of hydrogen-bond acceptors (Lipinski definition) is 3. The van der Waals surface area contributed by atoms with Gasteiger partial charge < -0.3 is 9.30 Å². The average Bonchev–Trinajstić information content (AvgIpc) is 3.59. The van der Waals surface area contributed by atoms with Crippen LogP contribution in [-0.2, 0) is 27.5 Å². The maximum absolute atomic E-state index is 6.61. The van der Waals surface area contributed by atoms with Crippen LogP contribution in [0.4, 0.5) is 0 Å². The summed E-state index contributed by atoms with van der Waals surface area (Å²) in [5, 5.41) is 7.66. The number of pyridine rings is 1. The van der Waals surface area contributed by atoms with Crippen LogP contribution in [0, 0.1) is 37.8 Å². The second kappa shape index (κ2) is 14.7. The molecule has 6 heteroatoms. The molecule has 1 aliphatic rings. The Bertz CT molecular complexity index is 2190. The molecule has 0 spiro atoms. The van der Waals surface area contributed by atoms with Crippen LogP contribution >= 0.6 is 0 Å². The van der Waals surface area contributed by atoms with Crippen LogP contribution in [0.3, 0.4) is 0 Å². The van der Waals surface area contributed by atoms with Gasteiger partial charge in [-0.25, -0.2) is 4.98 Å². The first-order valence-corrected chi connectivity index (χ1v) is 18.0. The first kappa shape index (κ1) is 35.9. The fraction of sp³-hybridized carbons (Fsp3) is 0.364. The number of ether oxygens (including phenoxy) is 1. The quantitative estimate of drug-likeness (QED) is 0.108. The minimum absolute atomic E-state index is 0. The van der Waals surface area contributed by atoms with Crippen molar-refractivity contribution in [2.75, 3.05) is 0 Å². The molecule has 3 atom stereocenters. The van der Waals surface area contributed by atoms with Crippen molar-refractivity contribution < 1.29 is 25.8 Å². The smallest absolute Gasteiger partial charge is 0.509 e. The van der Waals surface area contributed by atoms with Crippen LogP contribution < -0.4 is 4.74 Å². The van der Waals surface area contributed by atoms with E-state index in [1.54, 1.807) is 0 Å². The van der Waals surface area contributed by atoms with Crippen LogP contribution in [0.5, 0.6) is 11.5 Å². The topological polar surface area (TPSA) is 44.9 Å². The van der Waals surface area contributed by atoms with Gasteiger partial charge in [0.2, 0.25) is 0 Å². The molecule has 0 aliphatic heterocycles. The van der Waals surface area contributed by atoms with E-state index in [0.29, 0.717) is 35.2 Å². The zero-order chi connectivity index (χ0) is 34.4. The van der Waals surface area contributed by atoms with Crippen LogP contribution in [0.1, 0.15) is 101 Å². The summed E-state index contributed by atoms with van der Waals surface area (Å²) in [5.74, 6) is 4.02. The predicted molar refractivity (Wildman–Crippen MR) is 202 cm³/mol. The molecule has 1 unspecified atom stereocenters. The van der Waals surface area contributed by atoms with Gasteiger partial charge in [0.25, 0.3) is 0 Å². The molecule has 1 aliphatic carbocycles. The minimum Gasteiger partial charge on any atom is -0.509 e. The molecule has 3 heterocycles. The third-order valence-corrected chi connectivity index (χ3v) is 10.1. The fourth-order valence-corrected chi connectivity index (χ4v) is 8.10. The standard InChI is InChI=1S/C44H48N4O.Pt/c1-9-10-14-39-43(42-31(7)20-29(5)21-32(42)8)44(27(2)3)46-48(39)33-22-30(6)23-35(25-33)49-34-16-17-37-36-13-11-12-15-38(36)47(40(37)26-34)41-24-28(4)18-19-45-41;/h11-13,15-20,22-24,27,29,32,42H,9-10,14,21H2,1-8H3;/q-2;+2/t29-,32-,42?;/m0./s1. The normalized spacial score (nSPS) is 17.7. The van der Waals surface area contributed by atoms with Crippen molar-refractivity contribution in [3.05, 3.63) is 119 Å². The number of nitrogens with zero attached hydrogens (tertiary/aromatic N) is 4. The van der Waals surface area contributed by atoms with Crippen molar-refractivity contribution in [1.82, 2.24) is 19.3 Å². The molecular weight excluding hydrogens is 796 g/mol. The largest absolute Gasteiger partial charge is 2.00 e. The first-order chi connectivity index (χ1) is 23.6. The van der Waals surface area contributed by atoms with Crippen molar-refractivity contribution in [3.63, 3.8) is 0 Å². The number of allylic oxidation sites excluding steroid dienone is 2. The summed E-state index contributed by atoms with van der Waals surface area (Å²) in [7, 11) is 0. The van der Waals surface area contributed by atoms with Gasteiger partial charge in [0.05, 0.1) is 5.69 Å². The molecule has 3 aromatic carbocycles. The summed E-state index contributed by atoms with van der Waals surface area (Å²) in [5.41, 5.74) is 10.6. The number of unbranched alkanes of at least 4 members (excludes halogenated alkanes) is 1. The zero-order valence-corrected chi connectivity index (χ0v) is 32.9. The predicted octanol–water partition coefficient (Wildman–Crippen LogP) is 11.5. The van der Waals surface area contributed by atoms with Crippen LogP contribution in [0.2, 0.25) is 0 Å². The number of rotatable bonds is 9. The Morgan fingerprint density at radius 3 is 2.46 bits per heavy atom. The van der Waals surface area contributed by atoms with Crippen molar-refractivity contribution in [3.8, 4) is 23.0 Å². The molecule has 0 saturated carbocycles. The molecular formula is C44H48N4OPt. The molecule has 50 heavy (non-hydrogen) atoms. The number of para-hydroxylation sites is 1. The minimum atomic E-state index is 0. The Morgan fingerprint density at radius 2 is 1.72 bits per heavy atom. The van der Waals surface area contributed by atoms with E-state index >= 15 is 0 Å². The van der Waals surface area contributed by atoms with E-state index in [1.165, 1.54) is 28.9 Å². The summed E-state index contributed by atoms with van der Waals surface area (Å²) < 4.78 is 11.0.